The molecule has 94 valence electrons. The van der Waals surface area contributed by atoms with Gasteiger partial charge in [-0.3, -0.25) is 4.98 Å². The summed E-state index contributed by atoms with van der Waals surface area (Å²) in [5, 5.41) is 3.67. The fourth-order valence-electron chi connectivity index (χ4n) is 2.62. The number of aryl methyl sites for hydroxylation is 1. The zero-order chi connectivity index (χ0) is 12.3. The summed E-state index contributed by atoms with van der Waals surface area (Å²) in [4.78, 5) is 6.64. The van der Waals surface area contributed by atoms with Gasteiger partial charge < -0.3 is 10.2 Å². The second kappa shape index (κ2) is 5.61. The number of hydrogen-bond acceptors (Lipinski definition) is 3. The number of likely N-dealkylation sites (tertiary alicyclic amines) is 1. The first-order valence-corrected chi connectivity index (χ1v) is 6.47. The number of piperidine rings is 1. The van der Waals surface area contributed by atoms with E-state index < -0.39 is 0 Å². The van der Waals surface area contributed by atoms with Crippen molar-refractivity contribution in [3.8, 4) is 0 Å². The summed E-state index contributed by atoms with van der Waals surface area (Å²) in [6, 6.07) is 2.85. The van der Waals surface area contributed by atoms with Gasteiger partial charge in [-0.2, -0.15) is 0 Å². The van der Waals surface area contributed by atoms with Crippen LogP contribution in [-0.2, 0) is 6.54 Å². The van der Waals surface area contributed by atoms with Crippen LogP contribution in [0, 0.1) is 12.8 Å². The third-order valence-electron chi connectivity index (χ3n) is 3.61. The lowest BCUT2D eigenvalue weighted by atomic mass is 9.94. The largest absolute Gasteiger partial charge is 0.310 e. The Bertz CT molecular complexity index is 364. The van der Waals surface area contributed by atoms with E-state index in [0.717, 1.165) is 12.5 Å². The van der Waals surface area contributed by atoms with Gasteiger partial charge in [0.05, 0.1) is 0 Å². The third kappa shape index (κ3) is 3.51. The molecule has 1 aromatic heterocycles. The van der Waals surface area contributed by atoms with Crippen molar-refractivity contribution < 1.29 is 0 Å². The molecule has 0 aliphatic carbocycles. The summed E-state index contributed by atoms with van der Waals surface area (Å²) >= 11 is 0. The van der Waals surface area contributed by atoms with Gasteiger partial charge in [-0.25, -0.2) is 0 Å². The first kappa shape index (κ1) is 12.5. The van der Waals surface area contributed by atoms with Crippen molar-refractivity contribution in [1.82, 2.24) is 15.2 Å². The van der Waals surface area contributed by atoms with Gasteiger partial charge >= 0.3 is 0 Å². The first-order chi connectivity index (χ1) is 8.15. The highest BCUT2D eigenvalue weighted by molar-refractivity contribution is 5.16. The Morgan fingerprint density at radius 3 is 3.00 bits per heavy atom. The fraction of sp³-hybridized carbons (Fsp3) is 0.643. The van der Waals surface area contributed by atoms with E-state index in [2.05, 4.69) is 42.2 Å². The average molecular weight is 233 g/mol. The van der Waals surface area contributed by atoms with Crippen LogP contribution in [0.5, 0.6) is 0 Å². The molecule has 0 aromatic carbocycles. The van der Waals surface area contributed by atoms with Crippen molar-refractivity contribution in [3.63, 3.8) is 0 Å². The van der Waals surface area contributed by atoms with Gasteiger partial charge in [0.15, 0.2) is 0 Å². The zero-order valence-electron chi connectivity index (χ0n) is 11.1. The predicted octanol–water partition coefficient (Wildman–Crippen LogP) is 1.82. The number of rotatable bonds is 3. The molecule has 0 amide bonds. The fourth-order valence-corrected chi connectivity index (χ4v) is 2.62. The molecule has 2 heterocycles. The van der Waals surface area contributed by atoms with Crippen molar-refractivity contribution in [1.29, 1.82) is 0 Å². The normalized spacial score (nSPS) is 26.1. The molecule has 3 heteroatoms. The SMILES string of the molecule is Cc1cncc(CNC2CCN(C)CC2C)c1. The second-order valence-electron chi connectivity index (χ2n) is 5.39. The molecule has 2 unspecified atom stereocenters. The molecule has 1 aliphatic heterocycles. The van der Waals surface area contributed by atoms with Gasteiger partial charge in [0.1, 0.15) is 0 Å². The van der Waals surface area contributed by atoms with Gasteiger partial charge in [-0.1, -0.05) is 13.0 Å². The number of nitrogens with zero attached hydrogens (tertiary/aromatic N) is 2. The highest BCUT2D eigenvalue weighted by Crippen LogP contribution is 2.15. The minimum Gasteiger partial charge on any atom is -0.310 e. The Morgan fingerprint density at radius 2 is 2.29 bits per heavy atom. The van der Waals surface area contributed by atoms with E-state index in [1.165, 1.54) is 30.6 Å². The number of hydrogen-bond donors (Lipinski definition) is 1. The predicted molar refractivity (Wildman–Crippen MR) is 70.9 cm³/mol. The van der Waals surface area contributed by atoms with Gasteiger partial charge in [-0.15, -0.1) is 0 Å². The standard InChI is InChI=1S/C14H23N3/c1-11-6-13(8-15-7-11)9-16-14-4-5-17(3)10-12(14)2/h6-8,12,14,16H,4-5,9-10H2,1-3H3. The van der Waals surface area contributed by atoms with Crippen LogP contribution in [0.3, 0.4) is 0 Å². The van der Waals surface area contributed by atoms with Gasteiger partial charge in [0.25, 0.3) is 0 Å². The van der Waals surface area contributed by atoms with Crippen LogP contribution < -0.4 is 5.32 Å². The lowest BCUT2D eigenvalue weighted by Crippen LogP contribution is -2.46. The highest BCUT2D eigenvalue weighted by Gasteiger charge is 2.23. The first-order valence-electron chi connectivity index (χ1n) is 6.47. The maximum absolute atomic E-state index is 4.23. The summed E-state index contributed by atoms with van der Waals surface area (Å²) in [5.41, 5.74) is 2.52. The molecule has 0 spiro atoms. The van der Waals surface area contributed by atoms with Gasteiger partial charge in [0.2, 0.25) is 0 Å². The maximum atomic E-state index is 4.23. The third-order valence-corrected chi connectivity index (χ3v) is 3.61. The quantitative estimate of drug-likeness (QED) is 0.863. The maximum Gasteiger partial charge on any atom is 0.0313 e. The summed E-state index contributed by atoms with van der Waals surface area (Å²) < 4.78 is 0. The number of pyridine rings is 1. The van der Waals surface area contributed by atoms with E-state index in [-0.39, 0.29) is 0 Å². The van der Waals surface area contributed by atoms with E-state index in [1.807, 2.05) is 12.4 Å². The van der Waals surface area contributed by atoms with Crippen LogP contribution in [0.25, 0.3) is 0 Å². The van der Waals surface area contributed by atoms with Crippen LogP contribution in [0.2, 0.25) is 0 Å². The highest BCUT2D eigenvalue weighted by atomic mass is 15.1. The van der Waals surface area contributed by atoms with Crippen molar-refractivity contribution in [3.05, 3.63) is 29.6 Å². The van der Waals surface area contributed by atoms with Gasteiger partial charge in [0, 0.05) is 31.5 Å². The Labute approximate surface area is 104 Å². The van der Waals surface area contributed by atoms with Crippen molar-refractivity contribution in [2.75, 3.05) is 20.1 Å². The van der Waals surface area contributed by atoms with Crippen LogP contribution in [0.15, 0.2) is 18.5 Å². The molecule has 3 nitrogen and oxygen atoms in total. The summed E-state index contributed by atoms with van der Waals surface area (Å²) in [7, 11) is 2.21. The number of aromatic nitrogens is 1. The number of nitrogens with one attached hydrogen (secondary N) is 1. The van der Waals surface area contributed by atoms with Crippen molar-refractivity contribution in [2.45, 2.75) is 32.9 Å². The topological polar surface area (TPSA) is 28.2 Å². The van der Waals surface area contributed by atoms with E-state index in [0.29, 0.717) is 6.04 Å². The van der Waals surface area contributed by atoms with Crippen molar-refractivity contribution >= 4 is 0 Å². The van der Waals surface area contributed by atoms with Crippen LogP contribution >= 0.6 is 0 Å². The molecule has 1 fully saturated rings. The molecule has 0 bridgehead atoms. The monoisotopic (exact) mass is 233 g/mol. The zero-order valence-corrected chi connectivity index (χ0v) is 11.1. The minimum atomic E-state index is 0.645. The van der Waals surface area contributed by atoms with Crippen LogP contribution in [-0.4, -0.2) is 36.1 Å². The van der Waals surface area contributed by atoms with E-state index in [1.54, 1.807) is 0 Å². The molecule has 1 saturated heterocycles. The Kier molecular flexibility index (Phi) is 4.13. The van der Waals surface area contributed by atoms with Gasteiger partial charge in [-0.05, 0) is 44.0 Å². The molecule has 2 rings (SSSR count). The van der Waals surface area contributed by atoms with E-state index in [9.17, 15) is 0 Å². The van der Waals surface area contributed by atoms with Crippen LogP contribution in [0.1, 0.15) is 24.5 Å². The minimum absolute atomic E-state index is 0.645. The average Bonchev–Trinajstić information content (AvgIpc) is 2.28. The molecular formula is C14H23N3. The summed E-state index contributed by atoms with van der Waals surface area (Å²) in [6.45, 7) is 7.77. The molecule has 1 aliphatic rings. The molecule has 0 radical (unpaired) electrons. The lowest BCUT2D eigenvalue weighted by molar-refractivity contribution is 0.174. The van der Waals surface area contributed by atoms with Crippen molar-refractivity contribution in [2.24, 2.45) is 5.92 Å². The molecule has 2 atom stereocenters. The van der Waals surface area contributed by atoms with E-state index in [4.69, 9.17) is 0 Å². The smallest absolute Gasteiger partial charge is 0.0313 e. The second-order valence-corrected chi connectivity index (χ2v) is 5.39. The van der Waals surface area contributed by atoms with E-state index >= 15 is 0 Å². The molecular weight excluding hydrogens is 210 g/mol. The molecule has 17 heavy (non-hydrogen) atoms. The molecule has 0 saturated carbocycles. The van der Waals surface area contributed by atoms with Crippen LogP contribution in [0.4, 0.5) is 0 Å². The molecule has 1 aromatic rings. The lowest BCUT2D eigenvalue weighted by Gasteiger charge is -2.35. The summed E-state index contributed by atoms with van der Waals surface area (Å²) in [5.74, 6) is 0.728. The Hall–Kier alpha value is -0.930. The Balaban J connectivity index is 1.86. The molecule has 1 N–H and O–H groups in total. The Morgan fingerprint density at radius 1 is 1.47 bits per heavy atom. The summed E-state index contributed by atoms with van der Waals surface area (Å²) in [6.07, 6.45) is 5.11.